The summed E-state index contributed by atoms with van der Waals surface area (Å²) in [5, 5.41) is 22.8. The molecule has 3 N–H and O–H groups in total. The van der Waals surface area contributed by atoms with Gasteiger partial charge >= 0.3 is 0 Å². The molecule has 2 aliphatic rings. The summed E-state index contributed by atoms with van der Waals surface area (Å²) in [4.78, 5) is 30.5. The number of nitrogens with one attached hydrogen (secondary N) is 3. The van der Waals surface area contributed by atoms with E-state index >= 15 is 0 Å². The number of anilines is 3. The fourth-order valence-electron chi connectivity index (χ4n) is 4.42. The molecule has 0 bridgehead atoms. The van der Waals surface area contributed by atoms with Gasteiger partial charge in [0.15, 0.2) is 5.65 Å². The van der Waals surface area contributed by atoms with Crippen LogP contribution in [-0.4, -0.2) is 38.2 Å². The van der Waals surface area contributed by atoms with Crippen LogP contribution in [0.5, 0.6) is 0 Å². The van der Waals surface area contributed by atoms with Crippen LogP contribution < -0.4 is 21.5 Å². The Balaban J connectivity index is 1.47. The first-order chi connectivity index (χ1) is 16.1. The molecule has 0 spiro atoms. The van der Waals surface area contributed by atoms with Gasteiger partial charge in [-0.25, -0.2) is 4.98 Å². The van der Waals surface area contributed by atoms with Crippen molar-refractivity contribution in [1.82, 2.24) is 24.5 Å². The molecule has 170 valence electrons. The third-order valence-corrected chi connectivity index (χ3v) is 6.34. The first kappa shape index (κ1) is 21.0. The summed E-state index contributed by atoms with van der Waals surface area (Å²) >= 11 is 0. The number of fused-ring (bicyclic) bond motifs is 1. The zero-order valence-electron chi connectivity index (χ0n) is 18.4. The molecule has 10 nitrogen and oxygen atoms in total. The Morgan fingerprint density at radius 3 is 2.88 bits per heavy atom. The summed E-state index contributed by atoms with van der Waals surface area (Å²) < 4.78 is 3.29. The summed E-state index contributed by atoms with van der Waals surface area (Å²) in [6, 6.07) is 7.86. The summed E-state index contributed by atoms with van der Waals surface area (Å²) in [5.74, 6) is 0.844. The van der Waals surface area contributed by atoms with Gasteiger partial charge in [-0.15, -0.1) is 0 Å². The monoisotopic (exact) mass is 446 g/mol. The molecular formula is C23H26N8O2. The third kappa shape index (κ3) is 4.14. The van der Waals surface area contributed by atoms with Crippen LogP contribution in [0.1, 0.15) is 54.9 Å². The highest BCUT2D eigenvalue weighted by Gasteiger charge is 2.27. The Morgan fingerprint density at radius 1 is 1.27 bits per heavy atom. The molecule has 3 aromatic rings. The van der Waals surface area contributed by atoms with Crippen LogP contribution >= 0.6 is 0 Å². The number of hydrogen-bond donors (Lipinski definition) is 3. The van der Waals surface area contributed by atoms with E-state index in [1.54, 1.807) is 34.5 Å². The normalized spacial score (nSPS) is 20.2. The Morgan fingerprint density at radius 2 is 2.12 bits per heavy atom. The molecule has 2 aliphatic carbocycles. The van der Waals surface area contributed by atoms with Crippen molar-refractivity contribution >= 4 is 28.9 Å². The number of carbonyl (C=O) groups is 1. The molecule has 0 radical (unpaired) electrons. The van der Waals surface area contributed by atoms with Crippen molar-refractivity contribution in [1.29, 1.82) is 5.26 Å². The van der Waals surface area contributed by atoms with E-state index < -0.39 is 0 Å². The zero-order valence-corrected chi connectivity index (χ0v) is 18.4. The van der Waals surface area contributed by atoms with Gasteiger partial charge < -0.3 is 20.5 Å². The number of rotatable bonds is 6. The van der Waals surface area contributed by atoms with Crippen molar-refractivity contribution in [3.8, 4) is 6.07 Å². The van der Waals surface area contributed by atoms with Gasteiger partial charge in [0.1, 0.15) is 22.9 Å². The third-order valence-electron chi connectivity index (χ3n) is 6.34. The molecule has 1 unspecified atom stereocenters. The second kappa shape index (κ2) is 8.58. The molecule has 3 heterocycles. The van der Waals surface area contributed by atoms with Crippen LogP contribution in [0, 0.1) is 17.2 Å². The summed E-state index contributed by atoms with van der Waals surface area (Å²) in [6.45, 7) is 0. The van der Waals surface area contributed by atoms with Crippen molar-refractivity contribution in [2.45, 2.75) is 50.6 Å². The predicted molar refractivity (Wildman–Crippen MR) is 124 cm³/mol. The van der Waals surface area contributed by atoms with E-state index in [9.17, 15) is 14.9 Å². The highest BCUT2D eigenvalue weighted by molar-refractivity contribution is 6.00. The lowest BCUT2D eigenvalue weighted by atomic mass is 9.86. The molecule has 2 saturated carbocycles. The van der Waals surface area contributed by atoms with Gasteiger partial charge in [-0.1, -0.05) is 6.42 Å². The number of pyridine rings is 1. The van der Waals surface area contributed by atoms with E-state index in [0.29, 0.717) is 35.0 Å². The van der Waals surface area contributed by atoms with Crippen LogP contribution in [0.25, 0.3) is 5.65 Å². The maximum Gasteiger partial charge on any atom is 0.274 e. The Bertz CT molecular complexity index is 1300. The molecule has 2 fully saturated rings. The molecule has 2 atom stereocenters. The minimum atomic E-state index is -0.203. The molecule has 10 heteroatoms. The summed E-state index contributed by atoms with van der Waals surface area (Å²) in [7, 11) is 1.76. The molecular weight excluding hydrogens is 420 g/mol. The van der Waals surface area contributed by atoms with Crippen molar-refractivity contribution in [3.05, 3.63) is 46.5 Å². The SMILES string of the molecule is CNc1cc(Nc2cccn([C@@H]3CCCC(C#N)C3)c2=O)nc2c(C(=O)NC3CC3)cnn12. The fourth-order valence-corrected chi connectivity index (χ4v) is 4.42. The molecule has 1 amide bonds. The summed E-state index contributed by atoms with van der Waals surface area (Å²) in [6.07, 6.45) is 8.66. The minimum Gasteiger partial charge on any atom is -0.373 e. The number of nitrogens with zero attached hydrogens (tertiary/aromatic N) is 5. The highest BCUT2D eigenvalue weighted by Crippen LogP contribution is 2.31. The first-order valence-electron chi connectivity index (χ1n) is 11.3. The van der Waals surface area contributed by atoms with Crippen LogP contribution in [0.2, 0.25) is 0 Å². The lowest BCUT2D eigenvalue weighted by Crippen LogP contribution is -2.29. The van der Waals surface area contributed by atoms with Gasteiger partial charge in [-0.2, -0.15) is 14.9 Å². The lowest BCUT2D eigenvalue weighted by molar-refractivity contribution is 0.0952. The molecule has 3 aromatic heterocycles. The van der Waals surface area contributed by atoms with Crippen LogP contribution in [0.15, 0.2) is 35.4 Å². The minimum absolute atomic E-state index is 0.00788. The van der Waals surface area contributed by atoms with Gasteiger partial charge in [0, 0.05) is 37.3 Å². The van der Waals surface area contributed by atoms with E-state index in [-0.39, 0.29) is 29.5 Å². The standard InChI is InChI=1S/C23H26N8O2/c1-25-20-11-19(29-21-17(13-26-31(20)21)22(32)27-15-7-8-15)28-18-6-3-9-30(23(18)33)16-5-2-4-14(10-16)12-24/h3,6,9,11,13-16,25H,2,4-5,7-8,10H2,1H3,(H,27,32)(H,28,29)/t14?,16-/m1/s1. The van der Waals surface area contributed by atoms with E-state index in [4.69, 9.17) is 0 Å². The lowest BCUT2D eigenvalue weighted by Gasteiger charge is -2.27. The van der Waals surface area contributed by atoms with E-state index in [0.717, 1.165) is 32.1 Å². The maximum atomic E-state index is 13.2. The first-order valence-corrected chi connectivity index (χ1v) is 11.3. The number of hydrogen-bond acceptors (Lipinski definition) is 7. The van der Waals surface area contributed by atoms with Gasteiger partial charge in [0.05, 0.1) is 12.3 Å². The van der Waals surface area contributed by atoms with Crippen LogP contribution in [-0.2, 0) is 0 Å². The van der Waals surface area contributed by atoms with Gasteiger partial charge in [-0.3, -0.25) is 9.59 Å². The number of aromatic nitrogens is 4. The number of carbonyl (C=O) groups excluding carboxylic acids is 1. The molecule has 33 heavy (non-hydrogen) atoms. The Labute approximate surface area is 190 Å². The average Bonchev–Trinajstić information content (AvgIpc) is 3.54. The molecule has 0 aromatic carbocycles. The topological polar surface area (TPSA) is 129 Å². The highest BCUT2D eigenvalue weighted by atomic mass is 16.2. The van der Waals surface area contributed by atoms with Gasteiger partial charge in [0.2, 0.25) is 0 Å². The Hall–Kier alpha value is -3.87. The fraction of sp³-hybridized carbons (Fsp3) is 0.435. The second-order valence-electron chi connectivity index (χ2n) is 8.72. The van der Waals surface area contributed by atoms with E-state index in [2.05, 4.69) is 32.1 Å². The van der Waals surface area contributed by atoms with E-state index in [1.807, 2.05) is 6.07 Å². The molecule has 0 aliphatic heterocycles. The smallest absolute Gasteiger partial charge is 0.274 e. The summed E-state index contributed by atoms with van der Waals surface area (Å²) in [5.41, 5.74) is 1.02. The van der Waals surface area contributed by atoms with E-state index in [1.165, 1.54) is 6.20 Å². The second-order valence-corrected chi connectivity index (χ2v) is 8.72. The average molecular weight is 447 g/mol. The predicted octanol–water partition coefficient (Wildman–Crippen LogP) is 2.82. The van der Waals surface area contributed by atoms with Crippen molar-refractivity contribution in [2.24, 2.45) is 5.92 Å². The van der Waals surface area contributed by atoms with Crippen molar-refractivity contribution in [3.63, 3.8) is 0 Å². The maximum absolute atomic E-state index is 13.2. The van der Waals surface area contributed by atoms with Crippen LogP contribution in [0.3, 0.4) is 0 Å². The number of nitriles is 1. The zero-order chi connectivity index (χ0) is 22.9. The van der Waals surface area contributed by atoms with Crippen molar-refractivity contribution < 1.29 is 4.79 Å². The van der Waals surface area contributed by atoms with Gasteiger partial charge in [0.25, 0.3) is 11.5 Å². The van der Waals surface area contributed by atoms with Crippen molar-refractivity contribution in [2.75, 3.05) is 17.7 Å². The largest absolute Gasteiger partial charge is 0.373 e. The molecule has 5 rings (SSSR count). The Kier molecular flexibility index (Phi) is 5.46. The quantitative estimate of drug-likeness (QED) is 0.531. The number of amides is 1. The van der Waals surface area contributed by atoms with Gasteiger partial charge in [-0.05, 0) is 44.2 Å². The molecule has 0 saturated heterocycles. The van der Waals surface area contributed by atoms with Crippen LogP contribution in [0.4, 0.5) is 17.3 Å².